The van der Waals surface area contributed by atoms with Gasteiger partial charge in [-0.3, -0.25) is 9.88 Å². The molecule has 2 aromatic rings. The van der Waals surface area contributed by atoms with Crippen molar-refractivity contribution in [1.82, 2.24) is 9.88 Å². The van der Waals surface area contributed by atoms with E-state index in [0.717, 1.165) is 18.1 Å². The summed E-state index contributed by atoms with van der Waals surface area (Å²) in [4.78, 5) is 7.64. The summed E-state index contributed by atoms with van der Waals surface area (Å²) in [5.41, 5.74) is 8.39. The summed E-state index contributed by atoms with van der Waals surface area (Å²) in [6.07, 6.45) is 5.21. The van der Waals surface area contributed by atoms with Gasteiger partial charge >= 0.3 is 0 Å². The van der Waals surface area contributed by atoms with Gasteiger partial charge in [-0.15, -0.1) is 0 Å². The second kappa shape index (κ2) is 5.39. The minimum Gasteiger partial charge on any atom is -0.330 e. The third-order valence-electron chi connectivity index (χ3n) is 5.04. The zero-order chi connectivity index (χ0) is 14.2. The van der Waals surface area contributed by atoms with Crippen LogP contribution in [0.3, 0.4) is 0 Å². The lowest BCUT2D eigenvalue weighted by molar-refractivity contribution is 0.0852. The van der Waals surface area contributed by atoms with Crippen LogP contribution in [-0.4, -0.2) is 29.0 Å². The molecule has 2 heterocycles. The van der Waals surface area contributed by atoms with Crippen LogP contribution in [0.4, 0.5) is 0 Å². The maximum absolute atomic E-state index is 6.07. The van der Waals surface area contributed by atoms with Gasteiger partial charge in [0, 0.05) is 11.4 Å². The van der Waals surface area contributed by atoms with E-state index in [4.69, 9.17) is 10.7 Å². The molecule has 3 nitrogen and oxygen atoms in total. The lowest BCUT2D eigenvalue weighted by Gasteiger charge is -2.41. The maximum Gasteiger partial charge on any atom is 0.0706 e. The smallest absolute Gasteiger partial charge is 0.0706 e. The van der Waals surface area contributed by atoms with Gasteiger partial charge in [-0.1, -0.05) is 24.3 Å². The Kier molecular flexibility index (Phi) is 3.40. The van der Waals surface area contributed by atoms with Gasteiger partial charge in [-0.05, 0) is 56.8 Å². The lowest BCUT2D eigenvalue weighted by atomic mass is 9.86. The highest BCUT2D eigenvalue weighted by atomic mass is 15.2. The van der Waals surface area contributed by atoms with Crippen LogP contribution < -0.4 is 5.73 Å². The van der Waals surface area contributed by atoms with Crippen LogP contribution in [0.1, 0.15) is 37.4 Å². The number of pyridine rings is 1. The van der Waals surface area contributed by atoms with E-state index in [1.165, 1.54) is 43.3 Å². The van der Waals surface area contributed by atoms with E-state index < -0.39 is 0 Å². The molecular weight excluding hydrogens is 258 g/mol. The van der Waals surface area contributed by atoms with Gasteiger partial charge in [-0.25, -0.2) is 0 Å². The summed E-state index contributed by atoms with van der Waals surface area (Å²) in [6.45, 7) is 1.97. The van der Waals surface area contributed by atoms with E-state index in [0.29, 0.717) is 12.0 Å². The molecule has 1 aliphatic heterocycles. The first-order valence-electron chi connectivity index (χ1n) is 8.18. The molecule has 1 aromatic carbocycles. The number of rotatable bonds is 3. The van der Waals surface area contributed by atoms with Crippen molar-refractivity contribution in [3.05, 3.63) is 42.1 Å². The zero-order valence-electron chi connectivity index (χ0n) is 12.4. The Hall–Kier alpha value is -1.45. The van der Waals surface area contributed by atoms with Crippen LogP contribution in [0, 0.1) is 5.92 Å². The Morgan fingerprint density at radius 3 is 2.76 bits per heavy atom. The van der Waals surface area contributed by atoms with Crippen LogP contribution in [0.25, 0.3) is 10.9 Å². The molecular formula is C18H23N3. The molecule has 0 bridgehead atoms. The minimum absolute atomic E-state index is 0.417. The van der Waals surface area contributed by atoms with Crippen LogP contribution in [-0.2, 0) is 0 Å². The van der Waals surface area contributed by atoms with Crippen molar-refractivity contribution in [3.8, 4) is 0 Å². The van der Waals surface area contributed by atoms with Crippen molar-refractivity contribution in [1.29, 1.82) is 0 Å². The normalized spacial score (nSPS) is 27.1. The molecule has 1 aromatic heterocycles. The molecule has 3 heteroatoms. The van der Waals surface area contributed by atoms with Crippen LogP contribution in [0.5, 0.6) is 0 Å². The molecule has 0 amide bonds. The number of nitrogens with zero attached hydrogens (tertiary/aromatic N) is 2. The second-order valence-electron chi connectivity index (χ2n) is 6.48. The molecule has 2 atom stereocenters. The zero-order valence-corrected chi connectivity index (χ0v) is 12.4. The van der Waals surface area contributed by atoms with Crippen molar-refractivity contribution < 1.29 is 0 Å². The summed E-state index contributed by atoms with van der Waals surface area (Å²) in [5, 5.41) is 1.22. The van der Waals surface area contributed by atoms with E-state index in [2.05, 4.69) is 41.3 Å². The monoisotopic (exact) mass is 281 g/mol. The largest absolute Gasteiger partial charge is 0.330 e. The second-order valence-corrected chi connectivity index (χ2v) is 6.48. The number of aromatic nitrogens is 1. The van der Waals surface area contributed by atoms with Gasteiger partial charge < -0.3 is 5.73 Å². The lowest BCUT2D eigenvalue weighted by Crippen LogP contribution is -2.43. The highest BCUT2D eigenvalue weighted by molar-refractivity contribution is 5.78. The van der Waals surface area contributed by atoms with Crippen molar-refractivity contribution in [2.24, 2.45) is 11.7 Å². The topological polar surface area (TPSA) is 42.1 Å². The van der Waals surface area contributed by atoms with Gasteiger partial charge in [0.25, 0.3) is 0 Å². The minimum atomic E-state index is 0.417. The Morgan fingerprint density at radius 2 is 1.95 bits per heavy atom. The third-order valence-corrected chi connectivity index (χ3v) is 5.04. The Labute approximate surface area is 126 Å². The summed E-state index contributed by atoms with van der Waals surface area (Å²) in [7, 11) is 0. The number of para-hydroxylation sites is 1. The summed E-state index contributed by atoms with van der Waals surface area (Å²) in [6, 6.07) is 14.0. The number of hydrogen-bond donors (Lipinski definition) is 1. The van der Waals surface area contributed by atoms with Crippen molar-refractivity contribution >= 4 is 10.9 Å². The summed E-state index contributed by atoms with van der Waals surface area (Å²) >= 11 is 0. The first kappa shape index (κ1) is 13.2. The van der Waals surface area contributed by atoms with Crippen molar-refractivity contribution in [2.75, 3.05) is 13.1 Å². The van der Waals surface area contributed by atoms with Gasteiger partial charge in [0.05, 0.1) is 17.3 Å². The molecule has 1 aliphatic carbocycles. The van der Waals surface area contributed by atoms with Gasteiger partial charge in [-0.2, -0.15) is 0 Å². The van der Waals surface area contributed by atoms with E-state index in [1.54, 1.807) is 0 Å². The SMILES string of the molecule is NCC1CCCN(C2CC2)C1c1ccc2ccccc2n1. The molecule has 21 heavy (non-hydrogen) atoms. The van der Waals surface area contributed by atoms with E-state index in [9.17, 15) is 0 Å². The highest BCUT2D eigenvalue weighted by Gasteiger charge is 2.40. The third kappa shape index (κ3) is 2.45. The average Bonchev–Trinajstić information content (AvgIpc) is 3.38. The molecule has 0 radical (unpaired) electrons. The summed E-state index contributed by atoms with van der Waals surface area (Å²) < 4.78 is 0. The number of piperidine rings is 1. The van der Waals surface area contributed by atoms with Gasteiger partial charge in [0.2, 0.25) is 0 Å². The Balaban J connectivity index is 1.74. The number of likely N-dealkylation sites (tertiary alicyclic amines) is 1. The number of hydrogen-bond acceptors (Lipinski definition) is 3. The number of nitrogens with two attached hydrogens (primary N) is 1. The highest BCUT2D eigenvalue weighted by Crippen LogP contribution is 2.42. The molecule has 2 aliphatic rings. The van der Waals surface area contributed by atoms with E-state index >= 15 is 0 Å². The number of benzene rings is 1. The van der Waals surface area contributed by atoms with Crippen LogP contribution in [0.15, 0.2) is 36.4 Å². The fourth-order valence-corrected chi connectivity index (χ4v) is 3.82. The van der Waals surface area contributed by atoms with E-state index in [1.807, 2.05) is 0 Å². The molecule has 1 saturated heterocycles. The first-order valence-corrected chi connectivity index (χ1v) is 8.18. The quantitative estimate of drug-likeness (QED) is 0.940. The van der Waals surface area contributed by atoms with Gasteiger partial charge in [0.1, 0.15) is 0 Å². The fourth-order valence-electron chi connectivity index (χ4n) is 3.82. The Morgan fingerprint density at radius 1 is 1.10 bits per heavy atom. The molecule has 2 unspecified atom stereocenters. The molecule has 4 rings (SSSR count). The molecule has 110 valence electrons. The van der Waals surface area contributed by atoms with Crippen LogP contribution in [0.2, 0.25) is 0 Å². The summed E-state index contributed by atoms with van der Waals surface area (Å²) in [5.74, 6) is 0.549. The standard InChI is InChI=1S/C18H23N3/c19-12-14-5-3-11-21(15-8-9-15)18(14)17-10-7-13-4-1-2-6-16(13)20-17/h1-2,4,6-7,10,14-15,18H,3,5,8-9,11-12,19H2. The maximum atomic E-state index is 6.07. The van der Waals surface area contributed by atoms with Crippen molar-refractivity contribution in [3.63, 3.8) is 0 Å². The fraction of sp³-hybridized carbons (Fsp3) is 0.500. The predicted molar refractivity (Wildman–Crippen MR) is 86.0 cm³/mol. The number of fused-ring (bicyclic) bond motifs is 1. The molecule has 0 spiro atoms. The van der Waals surface area contributed by atoms with E-state index in [-0.39, 0.29) is 0 Å². The molecule has 1 saturated carbocycles. The Bertz CT molecular complexity index is 635. The van der Waals surface area contributed by atoms with Crippen molar-refractivity contribution in [2.45, 2.75) is 37.8 Å². The molecule has 2 fully saturated rings. The average molecular weight is 281 g/mol. The van der Waals surface area contributed by atoms with Gasteiger partial charge in [0.15, 0.2) is 0 Å². The predicted octanol–water partition coefficient (Wildman–Crippen LogP) is 3.11. The first-order chi connectivity index (χ1) is 10.4. The van der Waals surface area contributed by atoms with Crippen LogP contribution >= 0.6 is 0 Å². The molecule has 2 N–H and O–H groups in total.